The minimum Gasteiger partial charge on any atom is -0.496 e. The molecule has 0 spiro atoms. The molecule has 4 heteroatoms. The lowest BCUT2D eigenvalue weighted by Crippen LogP contribution is -2.05. The summed E-state index contributed by atoms with van der Waals surface area (Å²) in [5.41, 5.74) is 2.33. The molecule has 0 saturated carbocycles. The lowest BCUT2D eigenvalue weighted by atomic mass is 10.0. The Balaban J connectivity index is 2.24. The minimum atomic E-state index is -0.329. The van der Waals surface area contributed by atoms with Gasteiger partial charge in [-0.05, 0) is 36.2 Å². The van der Waals surface area contributed by atoms with Crippen LogP contribution in [0.4, 0.5) is 4.39 Å². The number of rotatable bonds is 4. The first-order valence-electron chi connectivity index (χ1n) is 6.13. The number of aryl methyl sites for hydroxylation is 1. The summed E-state index contributed by atoms with van der Waals surface area (Å²) in [4.78, 5) is 12.3. The van der Waals surface area contributed by atoms with E-state index in [0.717, 1.165) is 11.1 Å². The first-order chi connectivity index (χ1) is 9.51. The summed E-state index contributed by atoms with van der Waals surface area (Å²) in [5, 5.41) is 0. The minimum absolute atomic E-state index is 0.0318. The zero-order valence-electron chi connectivity index (χ0n) is 11.2. The van der Waals surface area contributed by atoms with Crippen molar-refractivity contribution in [2.24, 2.45) is 0 Å². The highest BCUT2D eigenvalue weighted by Gasteiger charge is 2.12. The van der Waals surface area contributed by atoms with Gasteiger partial charge in [0.25, 0.3) is 0 Å². The third kappa shape index (κ3) is 3.25. The molecule has 0 bridgehead atoms. The van der Waals surface area contributed by atoms with E-state index in [1.54, 1.807) is 25.3 Å². The molecule has 0 atom stereocenters. The number of methoxy groups -OCH3 is 1. The molecule has 0 amide bonds. The van der Waals surface area contributed by atoms with Gasteiger partial charge in [-0.15, -0.1) is 0 Å². The number of carbonyl (C=O) groups excluding carboxylic acids is 1. The van der Waals surface area contributed by atoms with Crippen LogP contribution >= 0.6 is 15.9 Å². The van der Waals surface area contributed by atoms with Gasteiger partial charge in [0.2, 0.25) is 0 Å². The van der Waals surface area contributed by atoms with Crippen molar-refractivity contribution in [3.8, 4) is 5.75 Å². The molecule has 2 rings (SSSR count). The Bertz CT molecular complexity index is 653. The molecule has 0 aliphatic rings. The smallest absolute Gasteiger partial charge is 0.167 e. The van der Waals surface area contributed by atoms with Crippen molar-refractivity contribution in [2.45, 2.75) is 13.3 Å². The largest absolute Gasteiger partial charge is 0.496 e. The summed E-state index contributed by atoms with van der Waals surface area (Å²) >= 11 is 3.27. The number of carbonyl (C=O) groups is 1. The molecule has 2 aromatic carbocycles. The Morgan fingerprint density at radius 3 is 2.65 bits per heavy atom. The van der Waals surface area contributed by atoms with Gasteiger partial charge in [-0.3, -0.25) is 4.79 Å². The van der Waals surface area contributed by atoms with Crippen molar-refractivity contribution in [3.05, 3.63) is 63.4 Å². The van der Waals surface area contributed by atoms with Gasteiger partial charge < -0.3 is 4.74 Å². The van der Waals surface area contributed by atoms with Gasteiger partial charge in [-0.2, -0.15) is 0 Å². The number of halogens is 2. The third-order valence-corrected chi connectivity index (χ3v) is 3.83. The summed E-state index contributed by atoms with van der Waals surface area (Å²) in [7, 11) is 1.58. The van der Waals surface area contributed by atoms with Crippen molar-refractivity contribution in [1.29, 1.82) is 0 Å². The number of ketones is 1. The predicted molar refractivity (Wildman–Crippen MR) is 79.9 cm³/mol. The lowest BCUT2D eigenvalue weighted by Gasteiger charge is -2.08. The maximum absolute atomic E-state index is 13.0. The first kappa shape index (κ1) is 14.7. The topological polar surface area (TPSA) is 26.3 Å². The van der Waals surface area contributed by atoms with Crippen molar-refractivity contribution < 1.29 is 13.9 Å². The molecule has 0 aliphatic carbocycles. The monoisotopic (exact) mass is 336 g/mol. The highest BCUT2D eigenvalue weighted by molar-refractivity contribution is 9.10. The Hall–Kier alpha value is -1.68. The van der Waals surface area contributed by atoms with Crippen LogP contribution in [0.2, 0.25) is 0 Å². The van der Waals surface area contributed by atoms with Crippen LogP contribution in [0.15, 0.2) is 40.9 Å². The summed E-state index contributed by atoms with van der Waals surface area (Å²) < 4.78 is 18.8. The van der Waals surface area contributed by atoms with Gasteiger partial charge in [-0.1, -0.05) is 34.1 Å². The van der Waals surface area contributed by atoms with Gasteiger partial charge in [0.05, 0.1) is 7.11 Å². The molecule has 0 saturated heterocycles. The molecule has 0 radical (unpaired) electrons. The van der Waals surface area contributed by atoms with Crippen LogP contribution in [0.1, 0.15) is 21.5 Å². The number of ether oxygens (including phenoxy) is 1. The van der Waals surface area contributed by atoms with E-state index in [1.807, 2.05) is 13.0 Å². The third-order valence-electron chi connectivity index (χ3n) is 3.10. The molecule has 0 heterocycles. The Morgan fingerprint density at radius 2 is 2.00 bits per heavy atom. The zero-order valence-corrected chi connectivity index (χ0v) is 12.8. The van der Waals surface area contributed by atoms with E-state index in [1.165, 1.54) is 12.1 Å². The summed E-state index contributed by atoms with van der Waals surface area (Å²) in [6.45, 7) is 1.92. The number of hydrogen-bond acceptors (Lipinski definition) is 2. The summed E-state index contributed by atoms with van der Waals surface area (Å²) in [5.74, 6) is 0.328. The molecule has 0 aromatic heterocycles. The fourth-order valence-electron chi connectivity index (χ4n) is 1.93. The first-order valence-corrected chi connectivity index (χ1v) is 6.92. The number of Topliss-reactive ketones (excluding diaryl/α,β-unsaturated/α-hetero) is 1. The molecule has 104 valence electrons. The average Bonchev–Trinajstić information content (AvgIpc) is 2.42. The molecule has 2 aromatic rings. The van der Waals surface area contributed by atoms with E-state index >= 15 is 0 Å². The van der Waals surface area contributed by atoms with Crippen LogP contribution in [-0.4, -0.2) is 12.9 Å². The van der Waals surface area contributed by atoms with Crippen LogP contribution < -0.4 is 4.74 Å². The molecule has 0 unspecified atom stereocenters. The lowest BCUT2D eigenvalue weighted by molar-refractivity contribution is 0.0992. The average molecular weight is 337 g/mol. The van der Waals surface area contributed by atoms with Crippen LogP contribution in [0.3, 0.4) is 0 Å². The van der Waals surface area contributed by atoms with E-state index in [0.29, 0.717) is 15.8 Å². The second kappa shape index (κ2) is 6.18. The Kier molecular flexibility index (Phi) is 4.55. The maximum atomic E-state index is 13.0. The Labute approximate surface area is 125 Å². The van der Waals surface area contributed by atoms with Gasteiger partial charge in [0, 0.05) is 16.5 Å². The number of benzene rings is 2. The molecule has 0 aliphatic heterocycles. The molecule has 2 nitrogen and oxygen atoms in total. The normalized spacial score (nSPS) is 10.4. The summed E-state index contributed by atoms with van der Waals surface area (Å²) in [6, 6.07) is 9.68. The molecule has 20 heavy (non-hydrogen) atoms. The second-order valence-corrected chi connectivity index (χ2v) is 5.37. The molecular weight excluding hydrogens is 323 g/mol. The standard InChI is InChI=1S/C16H14BrFO2/c1-10-3-4-12(8-16(10)20-2)15(19)7-11-5-6-13(18)9-14(11)17/h3-6,8-9H,7H2,1-2H3. The highest BCUT2D eigenvalue weighted by atomic mass is 79.9. The van der Waals surface area contributed by atoms with Crippen molar-refractivity contribution >= 4 is 21.7 Å². The van der Waals surface area contributed by atoms with Crippen molar-refractivity contribution in [3.63, 3.8) is 0 Å². The van der Waals surface area contributed by atoms with Gasteiger partial charge in [0.1, 0.15) is 11.6 Å². The quantitative estimate of drug-likeness (QED) is 0.776. The fourth-order valence-corrected chi connectivity index (χ4v) is 2.42. The molecule has 0 fully saturated rings. The maximum Gasteiger partial charge on any atom is 0.167 e. The Morgan fingerprint density at radius 1 is 1.25 bits per heavy atom. The SMILES string of the molecule is COc1cc(C(=O)Cc2ccc(F)cc2Br)ccc1C. The molecule has 0 N–H and O–H groups in total. The summed E-state index contributed by atoms with van der Waals surface area (Å²) in [6.07, 6.45) is 0.215. The molecular formula is C16H14BrFO2. The van der Waals surface area contributed by atoms with E-state index in [-0.39, 0.29) is 18.0 Å². The van der Waals surface area contributed by atoms with Gasteiger partial charge in [-0.25, -0.2) is 4.39 Å². The highest BCUT2D eigenvalue weighted by Crippen LogP contribution is 2.23. The predicted octanol–water partition coefficient (Wildman–Crippen LogP) is 4.33. The van der Waals surface area contributed by atoms with Gasteiger partial charge in [0.15, 0.2) is 5.78 Å². The van der Waals surface area contributed by atoms with Gasteiger partial charge >= 0.3 is 0 Å². The van der Waals surface area contributed by atoms with Crippen LogP contribution in [-0.2, 0) is 6.42 Å². The number of hydrogen-bond donors (Lipinski definition) is 0. The van der Waals surface area contributed by atoms with Crippen LogP contribution in [0.25, 0.3) is 0 Å². The fraction of sp³-hybridized carbons (Fsp3) is 0.188. The van der Waals surface area contributed by atoms with E-state index < -0.39 is 0 Å². The zero-order chi connectivity index (χ0) is 14.7. The van der Waals surface area contributed by atoms with Crippen molar-refractivity contribution in [1.82, 2.24) is 0 Å². The van der Waals surface area contributed by atoms with Crippen molar-refractivity contribution in [2.75, 3.05) is 7.11 Å². The van der Waals surface area contributed by atoms with E-state index in [9.17, 15) is 9.18 Å². The van der Waals surface area contributed by atoms with E-state index in [2.05, 4.69) is 15.9 Å². The van der Waals surface area contributed by atoms with E-state index in [4.69, 9.17) is 4.74 Å². The van der Waals surface area contributed by atoms with Crippen LogP contribution in [0.5, 0.6) is 5.75 Å². The second-order valence-electron chi connectivity index (χ2n) is 4.52. The van der Waals surface area contributed by atoms with Crippen LogP contribution in [0, 0.1) is 12.7 Å².